The van der Waals surface area contributed by atoms with Crippen molar-refractivity contribution < 1.29 is 31.1 Å². The van der Waals surface area contributed by atoms with E-state index >= 15 is 0 Å². The SMILES string of the molecule is O=C(NC1CCCn2nc(-c3ccnc(C(F)(F)F)c3)cc21)c1cnc(C(F)(F)F)cn1. The van der Waals surface area contributed by atoms with Crippen molar-refractivity contribution in [3.05, 3.63) is 59.6 Å². The highest BCUT2D eigenvalue weighted by molar-refractivity contribution is 5.92. The molecular weight excluding hydrogens is 442 g/mol. The van der Waals surface area contributed by atoms with Crippen LogP contribution in [0.1, 0.15) is 46.5 Å². The summed E-state index contributed by atoms with van der Waals surface area (Å²) < 4.78 is 78.3. The lowest BCUT2D eigenvalue weighted by atomic mass is 10.0. The monoisotopic (exact) mass is 456 g/mol. The van der Waals surface area contributed by atoms with E-state index < -0.39 is 35.7 Å². The lowest BCUT2D eigenvalue weighted by Gasteiger charge is -2.24. The van der Waals surface area contributed by atoms with Crippen molar-refractivity contribution in [1.29, 1.82) is 0 Å². The number of halogens is 6. The van der Waals surface area contributed by atoms with Gasteiger partial charge in [-0.1, -0.05) is 0 Å². The molecule has 0 bridgehead atoms. The molecule has 1 atom stereocenters. The Labute approximate surface area is 176 Å². The summed E-state index contributed by atoms with van der Waals surface area (Å²) in [6.45, 7) is 0.499. The molecule has 7 nitrogen and oxygen atoms in total. The standard InChI is InChI=1S/C19H14F6N6O/c20-18(21,22)15-6-10(3-4-26-15)12-7-14-11(2-1-5-31(14)30-12)29-17(32)13-8-28-16(9-27-13)19(23,24)25/h3-4,6-9,11H,1-2,5H2,(H,29,32). The molecule has 1 amide bonds. The fraction of sp³-hybridized carbons (Fsp3) is 0.316. The Balaban J connectivity index is 1.56. The normalized spacial score (nSPS) is 16.5. The zero-order valence-electron chi connectivity index (χ0n) is 16.1. The van der Waals surface area contributed by atoms with Crippen LogP contribution in [0.25, 0.3) is 11.3 Å². The van der Waals surface area contributed by atoms with Crippen molar-refractivity contribution in [2.45, 2.75) is 37.8 Å². The molecule has 13 heteroatoms. The molecule has 1 unspecified atom stereocenters. The van der Waals surface area contributed by atoms with Crippen LogP contribution < -0.4 is 5.32 Å². The number of hydrogen-bond donors (Lipinski definition) is 1. The van der Waals surface area contributed by atoms with Crippen molar-refractivity contribution >= 4 is 5.91 Å². The average molecular weight is 456 g/mol. The first-order chi connectivity index (χ1) is 15.0. The molecule has 4 rings (SSSR count). The van der Waals surface area contributed by atoms with E-state index in [1.54, 1.807) is 10.7 Å². The summed E-state index contributed by atoms with van der Waals surface area (Å²) in [5.74, 6) is -0.726. The number of fused-ring (bicyclic) bond motifs is 1. The molecule has 4 heterocycles. The van der Waals surface area contributed by atoms with E-state index in [9.17, 15) is 31.1 Å². The molecule has 32 heavy (non-hydrogen) atoms. The molecule has 0 fully saturated rings. The third-order valence-corrected chi connectivity index (χ3v) is 4.86. The Bertz CT molecular complexity index is 1140. The molecule has 3 aromatic rings. The van der Waals surface area contributed by atoms with E-state index in [4.69, 9.17) is 0 Å². The summed E-state index contributed by atoms with van der Waals surface area (Å²) in [5.41, 5.74) is -1.50. The first-order valence-corrected chi connectivity index (χ1v) is 9.34. The van der Waals surface area contributed by atoms with Gasteiger partial charge < -0.3 is 5.32 Å². The number of carbonyl (C=O) groups is 1. The molecule has 1 aliphatic heterocycles. The zero-order chi connectivity index (χ0) is 23.1. The highest BCUT2D eigenvalue weighted by atomic mass is 19.4. The molecule has 0 spiro atoms. The maximum atomic E-state index is 13.0. The molecule has 3 aromatic heterocycles. The summed E-state index contributed by atoms with van der Waals surface area (Å²) in [6, 6.07) is 3.30. The number of amides is 1. The lowest BCUT2D eigenvalue weighted by Crippen LogP contribution is -2.33. The molecule has 0 aliphatic carbocycles. The van der Waals surface area contributed by atoms with E-state index in [1.807, 2.05) is 0 Å². The largest absolute Gasteiger partial charge is 0.434 e. The molecule has 0 aromatic carbocycles. The smallest absolute Gasteiger partial charge is 0.342 e. The summed E-state index contributed by atoms with van der Waals surface area (Å²) >= 11 is 0. The average Bonchev–Trinajstić information content (AvgIpc) is 3.18. The van der Waals surface area contributed by atoms with Gasteiger partial charge in [-0.15, -0.1) is 0 Å². The second kappa shape index (κ2) is 7.88. The van der Waals surface area contributed by atoms with Gasteiger partial charge in [0.05, 0.1) is 29.8 Å². The van der Waals surface area contributed by atoms with Crippen LogP contribution in [0.15, 0.2) is 36.8 Å². The number of rotatable bonds is 3. The first-order valence-electron chi connectivity index (χ1n) is 9.34. The highest BCUT2D eigenvalue weighted by Crippen LogP contribution is 2.33. The number of aryl methyl sites for hydroxylation is 1. The highest BCUT2D eigenvalue weighted by Gasteiger charge is 2.34. The molecular formula is C19H14F6N6O. The van der Waals surface area contributed by atoms with E-state index in [1.165, 1.54) is 6.07 Å². The van der Waals surface area contributed by atoms with E-state index in [2.05, 4.69) is 25.4 Å². The van der Waals surface area contributed by atoms with Gasteiger partial charge in [-0.3, -0.25) is 14.5 Å². The topological polar surface area (TPSA) is 85.6 Å². The predicted octanol–water partition coefficient (Wildman–Crippen LogP) is 4.04. The minimum absolute atomic E-state index is 0.216. The van der Waals surface area contributed by atoms with Crippen LogP contribution in [-0.4, -0.2) is 30.6 Å². The van der Waals surface area contributed by atoms with E-state index in [-0.39, 0.29) is 17.0 Å². The Morgan fingerprint density at radius 2 is 1.75 bits per heavy atom. The number of alkyl halides is 6. The Kier molecular flexibility index (Phi) is 5.34. The number of nitrogens with zero attached hydrogens (tertiary/aromatic N) is 5. The summed E-state index contributed by atoms with van der Waals surface area (Å²) in [5, 5.41) is 7.00. The fourth-order valence-corrected chi connectivity index (χ4v) is 3.34. The Morgan fingerprint density at radius 1 is 1.00 bits per heavy atom. The molecule has 0 radical (unpaired) electrons. The van der Waals surface area contributed by atoms with Crippen molar-refractivity contribution in [2.24, 2.45) is 0 Å². The number of aromatic nitrogens is 5. The number of nitrogens with one attached hydrogen (secondary N) is 1. The van der Waals surface area contributed by atoms with Gasteiger partial charge in [0.15, 0.2) is 5.69 Å². The van der Waals surface area contributed by atoms with Gasteiger partial charge in [-0.2, -0.15) is 31.4 Å². The molecule has 0 saturated carbocycles. The quantitative estimate of drug-likeness (QED) is 0.602. The van der Waals surface area contributed by atoms with Crippen molar-refractivity contribution in [1.82, 2.24) is 30.0 Å². The second-order valence-electron chi connectivity index (χ2n) is 7.06. The molecule has 1 N–H and O–H groups in total. The maximum Gasteiger partial charge on any atom is 0.434 e. The van der Waals surface area contributed by atoms with E-state index in [0.29, 0.717) is 31.3 Å². The van der Waals surface area contributed by atoms with E-state index in [0.717, 1.165) is 18.5 Å². The van der Waals surface area contributed by atoms with Gasteiger partial charge in [0.25, 0.3) is 5.91 Å². The van der Waals surface area contributed by atoms with Crippen molar-refractivity contribution in [3.63, 3.8) is 0 Å². The fourth-order valence-electron chi connectivity index (χ4n) is 3.34. The van der Waals surface area contributed by atoms with Crippen LogP contribution in [-0.2, 0) is 18.9 Å². The third kappa shape index (κ3) is 4.41. The van der Waals surface area contributed by atoms with Gasteiger partial charge in [-0.25, -0.2) is 9.97 Å². The van der Waals surface area contributed by atoms with Crippen LogP contribution in [0.4, 0.5) is 26.3 Å². The zero-order valence-corrected chi connectivity index (χ0v) is 16.1. The van der Waals surface area contributed by atoms with Crippen LogP contribution in [0, 0.1) is 0 Å². The van der Waals surface area contributed by atoms with Crippen molar-refractivity contribution in [3.8, 4) is 11.3 Å². The van der Waals surface area contributed by atoms with Crippen LogP contribution >= 0.6 is 0 Å². The first kappa shape index (κ1) is 21.7. The van der Waals surface area contributed by atoms with Crippen LogP contribution in [0.2, 0.25) is 0 Å². The number of hydrogen-bond acceptors (Lipinski definition) is 5. The summed E-state index contributed by atoms with van der Waals surface area (Å²) in [7, 11) is 0. The minimum atomic E-state index is -4.67. The Hall–Kier alpha value is -3.51. The van der Waals surface area contributed by atoms with Gasteiger partial charge in [-0.05, 0) is 31.0 Å². The second-order valence-corrected chi connectivity index (χ2v) is 7.06. The maximum absolute atomic E-state index is 13.0. The van der Waals surface area contributed by atoms with Crippen LogP contribution in [0.3, 0.4) is 0 Å². The third-order valence-electron chi connectivity index (χ3n) is 4.86. The minimum Gasteiger partial charge on any atom is -0.342 e. The van der Waals surface area contributed by atoms with Gasteiger partial charge >= 0.3 is 12.4 Å². The van der Waals surface area contributed by atoms with Gasteiger partial charge in [0.2, 0.25) is 0 Å². The summed E-state index contributed by atoms with van der Waals surface area (Å²) in [6.07, 6.45) is -5.89. The van der Waals surface area contributed by atoms with Crippen molar-refractivity contribution in [2.75, 3.05) is 0 Å². The lowest BCUT2D eigenvalue weighted by molar-refractivity contribution is -0.142. The Morgan fingerprint density at radius 3 is 2.41 bits per heavy atom. The number of carbonyl (C=O) groups excluding carboxylic acids is 1. The predicted molar refractivity (Wildman–Crippen MR) is 96.9 cm³/mol. The number of pyridine rings is 1. The molecule has 1 aliphatic rings. The molecule has 168 valence electrons. The molecule has 0 saturated heterocycles. The van der Waals surface area contributed by atoms with Gasteiger partial charge in [0.1, 0.15) is 11.4 Å². The van der Waals surface area contributed by atoms with Crippen LogP contribution in [0.5, 0.6) is 0 Å². The summed E-state index contributed by atoms with van der Waals surface area (Å²) in [4.78, 5) is 22.5. The van der Waals surface area contributed by atoms with Gasteiger partial charge in [0, 0.05) is 18.3 Å².